The molecule has 0 N–H and O–H groups in total. The Morgan fingerprint density at radius 1 is 1.03 bits per heavy atom. The van der Waals surface area contributed by atoms with Crippen LogP contribution < -0.4 is 14.7 Å². The van der Waals surface area contributed by atoms with Crippen molar-refractivity contribution in [3.8, 4) is 11.3 Å². The number of rotatable bonds is 6. The van der Waals surface area contributed by atoms with Crippen LogP contribution in [-0.4, -0.2) is 59.5 Å². The minimum absolute atomic E-state index is 0.0688. The van der Waals surface area contributed by atoms with Crippen LogP contribution in [0.4, 0.5) is 22.0 Å². The van der Waals surface area contributed by atoms with Gasteiger partial charge in [0.1, 0.15) is 23.7 Å². The smallest absolute Gasteiger partial charge is 0.228 e. The monoisotopic (exact) mass is 542 g/mol. The molecule has 194 valence electrons. The van der Waals surface area contributed by atoms with Crippen molar-refractivity contribution < 1.29 is 9.18 Å². The molecule has 0 unspecified atom stereocenters. The largest absolute Gasteiger partial charge is 0.352 e. The Morgan fingerprint density at radius 2 is 1.86 bits per heavy atom. The number of hydrogen-bond donors (Lipinski definition) is 0. The molecule has 10 heteroatoms. The van der Waals surface area contributed by atoms with Gasteiger partial charge in [0, 0.05) is 62.5 Å². The first-order valence-electron chi connectivity index (χ1n) is 12.5. The predicted octanol–water partition coefficient (Wildman–Crippen LogP) is 5.43. The van der Waals surface area contributed by atoms with Crippen LogP contribution in [0.3, 0.4) is 0 Å². The summed E-state index contributed by atoms with van der Waals surface area (Å²) in [6.45, 7) is 7.37. The number of halogens is 3. The highest BCUT2D eigenvalue weighted by Crippen LogP contribution is 2.33. The SMILES string of the molecule is C[C@@H]1CN(c2ncc(CC=O)cc2Cl)CCN1c1cc(-c2ccc(F)c(Cl)c2)nc(N2CCC[C@H]2C)n1. The summed E-state index contributed by atoms with van der Waals surface area (Å²) in [5.74, 6) is 1.78. The summed E-state index contributed by atoms with van der Waals surface area (Å²) >= 11 is 12.6. The fourth-order valence-electron chi connectivity index (χ4n) is 5.13. The Balaban J connectivity index is 1.44. The summed E-state index contributed by atoms with van der Waals surface area (Å²) in [6, 6.07) is 8.92. The molecule has 2 aliphatic rings. The number of nitrogens with zero attached hydrogens (tertiary/aromatic N) is 6. The van der Waals surface area contributed by atoms with Gasteiger partial charge in [-0.1, -0.05) is 23.2 Å². The van der Waals surface area contributed by atoms with Gasteiger partial charge in [-0.25, -0.2) is 14.4 Å². The van der Waals surface area contributed by atoms with E-state index in [9.17, 15) is 9.18 Å². The fraction of sp³-hybridized carbons (Fsp3) is 0.407. The lowest BCUT2D eigenvalue weighted by molar-refractivity contribution is -0.107. The van der Waals surface area contributed by atoms with E-state index in [-0.39, 0.29) is 11.1 Å². The summed E-state index contributed by atoms with van der Waals surface area (Å²) in [5.41, 5.74) is 2.26. The third-order valence-electron chi connectivity index (χ3n) is 7.14. The van der Waals surface area contributed by atoms with Crippen LogP contribution in [0.25, 0.3) is 11.3 Å². The first kappa shape index (κ1) is 25.7. The highest BCUT2D eigenvalue weighted by Gasteiger charge is 2.29. The van der Waals surface area contributed by atoms with Crippen molar-refractivity contribution in [3.05, 3.63) is 58.0 Å². The number of carbonyl (C=O) groups is 1. The van der Waals surface area contributed by atoms with Crippen LogP contribution in [0, 0.1) is 5.82 Å². The van der Waals surface area contributed by atoms with E-state index in [0.29, 0.717) is 48.8 Å². The van der Waals surface area contributed by atoms with Gasteiger partial charge in [0.25, 0.3) is 0 Å². The lowest BCUT2D eigenvalue weighted by atomic mass is 10.1. The maximum atomic E-state index is 13.9. The van der Waals surface area contributed by atoms with Crippen LogP contribution >= 0.6 is 23.2 Å². The second kappa shape index (κ2) is 10.8. The zero-order chi connectivity index (χ0) is 26.1. The zero-order valence-corrected chi connectivity index (χ0v) is 22.4. The molecule has 2 atom stereocenters. The molecule has 0 bridgehead atoms. The maximum absolute atomic E-state index is 13.9. The molecule has 2 aromatic heterocycles. The molecule has 0 aliphatic carbocycles. The van der Waals surface area contributed by atoms with Crippen molar-refractivity contribution in [3.63, 3.8) is 0 Å². The Kier molecular flexibility index (Phi) is 7.49. The van der Waals surface area contributed by atoms with Gasteiger partial charge in [0.05, 0.1) is 15.7 Å². The molecular weight excluding hydrogens is 514 g/mol. The molecule has 5 rings (SSSR count). The molecule has 4 heterocycles. The third-order valence-corrected chi connectivity index (χ3v) is 7.71. The summed E-state index contributed by atoms with van der Waals surface area (Å²) < 4.78 is 13.9. The summed E-state index contributed by atoms with van der Waals surface area (Å²) in [6.07, 6.45) is 5.05. The molecule has 2 aliphatic heterocycles. The molecule has 2 saturated heterocycles. The Morgan fingerprint density at radius 3 is 2.54 bits per heavy atom. The highest BCUT2D eigenvalue weighted by atomic mass is 35.5. The molecule has 0 saturated carbocycles. The molecule has 0 radical (unpaired) electrons. The van der Waals surface area contributed by atoms with E-state index >= 15 is 0 Å². The lowest BCUT2D eigenvalue weighted by Gasteiger charge is -2.41. The van der Waals surface area contributed by atoms with E-state index in [4.69, 9.17) is 33.2 Å². The minimum Gasteiger partial charge on any atom is -0.352 e. The molecular formula is C27H29Cl2FN6O. The number of piperazine rings is 1. The Bertz CT molecular complexity index is 1310. The number of hydrogen-bond acceptors (Lipinski definition) is 7. The topological polar surface area (TPSA) is 65.5 Å². The van der Waals surface area contributed by atoms with Gasteiger partial charge in [0.2, 0.25) is 5.95 Å². The Labute approximate surface area is 226 Å². The first-order chi connectivity index (χ1) is 17.8. The van der Waals surface area contributed by atoms with Crippen LogP contribution in [0.2, 0.25) is 10.0 Å². The average molecular weight is 543 g/mol. The van der Waals surface area contributed by atoms with Gasteiger partial charge < -0.3 is 19.5 Å². The van der Waals surface area contributed by atoms with E-state index in [0.717, 1.165) is 48.4 Å². The number of aromatic nitrogens is 3. The number of pyridine rings is 1. The summed E-state index contributed by atoms with van der Waals surface area (Å²) in [7, 11) is 0. The quantitative estimate of drug-likeness (QED) is 0.384. The van der Waals surface area contributed by atoms with Gasteiger partial charge in [-0.2, -0.15) is 4.98 Å². The highest BCUT2D eigenvalue weighted by molar-refractivity contribution is 6.33. The van der Waals surface area contributed by atoms with Gasteiger partial charge in [-0.05, 0) is 56.5 Å². The zero-order valence-electron chi connectivity index (χ0n) is 20.9. The molecule has 0 amide bonds. The minimum atomic E-state index is -0.454. The van der Waals surface area contributed by atoms with E-state index in [1.54, 1.807) is 18.3 Å². The van der Waals surface area contributed by atoms with Gasteiger partial charge in [-0.3, -0.25) is 0 Å². The first-order valence-corrected chi connectivity index (χ1v) is 13.3. The average Bonchev–Trinajstić information content (AvgIpc) is 3.31. The van der Waals surface area contributed by atoms with E-state index < -0.39 is 5.82 Å². The van der Waals surface area contributed by atoms with Crippen molar-refractivity contribution in [1.82, 2.24) is 15.0 Å². The molecule has 7 nitrogen and oxygen atoms in total. The second-order valence-electron chi connectivity index (χ2n) is 9.73. The fourth-order valence-corrected chi connectivity index (χ4v) is 5.62. The lowest BCUT2D eigenvalue weighted by Crippen LogP contribution is -2.52. The normalized spacial score (nSPS) is 20.0. The molecule has 3 aromatic rings. The third kappa shape index (κ3) is 5.36. The van der Waals surface area contributed by atoms with Crippen LogP contribution in [0.5, 0.6) is 0 Å². The summed E-state index contributed by atoms with van der Waals surface area (Å²) in [5, 5.41) is 0.613. The van der Waals surface area contributed by atoms with Gasteiger partial charge in [-0.15, -0.1) is 0 Å². The Hall–Kier alpha value is -2.97. The van der Waals surface area contributed by atoms with E-state index in [1.807, 2.05) is 12.1 Å². The molecule has 2 fully saturated rings. The second-order valence-corrected chi connectivity index (χ2v) is 10.5. The van der Waals surface area contributed by atoms with Crippen molar-refractivity contribution in [2.45, 2.75) is 45.2 Å². The number of benzene rings is 1. The van der Waals surface area contributed by atoms with Crippen LogP contribution in [-0.2, 0) is 11.2 Å². The predicted molar refractivity (Wildman–Crippen MR) is 147 cm³/mol. The molecule has 1 aromatic carbocycles. The van der Waals surface area contributed by atoms with Crippen LogP contribution in [0.15, 0.2) is 36.5 Å². The standard InChI is InChI=1S/C27H29Cl2FN6O/c1-17-4-3-8-36(17)27-32-24(20-5-6-23(30)21(28)13-20)14-25(33-27)35-10-9-34(16-18(35)2)26-22(29)12-19(7-11-37)15-31-26/h5-6,11-15,17-18H,3-4,7-10,16H2,1-2H3/t17-,18-/m1/s1. The van der Waals surface area contributed by atoms with Crippen LogP contribution in [0.1, 0.15) is 32.3 Å². The maximum Gasteiger partial charge on any atom is 0.228 e. The van der Waals surface area contributed by atoms with Gasteiger partial charge in [0.15, 0.2) is 0 Å². The van der Waals surface area contributed by atoms with Crippen molar-refractivity contribution >= 4 is 47.1 Å². The van der Waals surface area contributed by atoms with Crippen molar-refractivity contribution in [2.24, 2.45) is 0 Å². The number of aldehydes is 1. The molecule has 37 heavy (non-hydrogen) atoms. The van der Waals surface area contributed by atoms with E-state index in [2.05, 4.69) is 33.5 Å². The summed E-state index contributed by atoms with van der Waals surface area (Å²) in [4.78, 5) is 31.9. The molecule has 0 spiro atoms. The van der Waals surface area contributed by atoms with E-state index in [1.165, 1.54) is 6.07 Å². The van der Waals surface area contributed by atoms with Crippen molar-refractivity contribution in [1.29, 1.82) is 0 Å². The number of carbonyl (C=O) groups excluding carboxylic acids is 1. The van der Waals surface area contributed by atoms with Gasteiger partial charge >= 0.3 is 0 Å². The number of anilines is 3. The van der Waals surface area contributed by atoms with Crippen molar-refractivity contribution in [2.75, 3.05) is 40.9 Å².